The van der Waals surface area contributed by atoms with Crippen LogP contribution in [0.4, 0.5) is 0 Å². The Morgan fingerprint density at radius 2 is 0.667 bits per heavy atom. The average Bonchev–Trinajstić information content (AvgIpc) is 3.02. The van der Waals surface area contributed by atoms with Crippen molar-refractivity contribution < 1.29 is 19.4 Å². The van der Waals surface area contributed by atoms with Gasteiger partial charge in [-0.2, -0.15) is 0 Å². The van der Waals surface area contributed by atoms with Gasteiger partial charge in [0.2, 0.25) is 0 Å². The fourth-order valence-corrected chi connectivity index (χ4v) is 6.82. The number of carbonyl (C=O) groups is 2. The van der Waals surface area contributed by atoms with Crippen LogP contribution in [0, 0.1) is 0 Å². The number of carboxylic acid groups (broad SMARTS) is 1. The minimum atomic E-state index is -0.687. The number of carbonyl (C=O) groups excluding carboxylic acids is 1. The van der Waals surface area contributed by atoms with Gasteiger partial charge in [-0.05, 0) is 51.4 Å². The summed E-state index contributed by atoms with van der Waals surface area (Å²) in [6.07, 6.45) is 41.3. The molecule has 0 radical (unpaired) electrons. The monoisotopic (exact) mass is 637 g/mol. The van der Waals surface area contributed by atoms with Crippen molar-refractivity contribution >= 4 is 11.9 Å². The highest BCUT2D eigenvalue weighted by atomic mass is 16.6. The first-order valence-corrected chi connectivity index (χ1v) is 20.4. The van der Waals surface area contributed by atoms with E-state index in [2.05, 4.69) is 20.8 Å². The third kappa shape index (κ3) is 31.3. The molecule has 0 saturated heterocycles. The van der Waals surface area contributed by atoms with Crippen LogP contribution in [-0.2, 0) is 14.3 Å². The molecule has 0 spiro atoms. The van der Waals surface area contributed by atoms with E-state index in [-0.39, 0.29) is 11.6 Å². The van der Waals surface area contributed by atoms with Gasteiger partial charge in [0, 0.05) is 12.8 Å². The lowest BCUT2D eigenvalue weighted by molar-refractivity contribution is -0.163. The molecule has 1 atom stereocenters. The molecule has 0 aliphatic carbocycles. The van der Waals surface area contributed by atoms with Crippen molar-refractivity contribution in [1.29, 1.82) is 0 Å². The zero-order valence-electron chi connectivity index (χ0n) is 30.9. The Balaban J connectivity index is 4.88. The molecule has 1 unspecified atom stereocenters. The van der Waals surface area contributed by atoms with E-state index in [0.29, 0.717) is 12.8 Å². The Kier molecular flexibility index (Phi) is 33.5. The van der Waals surface area contributed by atoms with Gasteiger partial charge in [-0.3, -0.25) is 9.59 Å². The van der Waals surface area contributed by atoms with E-state index in [9.17, 15) is 9.59 Å². The SMILES string of the molecule is CCCCCCCCCCCC(CCCCCCCC)(CCCCCCCCC)OC(=O)CCCCCCCCCCC(=O)O. The Labute approximate surface area is 282 Å². The quantitative estimate of drug-likeness (QED) is 0.0544. The van der Waals surface area contributed by atoms with Gasteiger partial charge in [-0.1, -0.05) is 181 Å². The van der Waals surface area contributed by atoms with Crippen molar-refractivity contribution in [3.63, 3.8) is 0 Å². The molecule has 0 rings (SSSR count). The van der Waals surface area contributed by atoms with Crippen molar-refractivity contribution in [3.8, 4) is 0 Å². The molecule has 0 aromatic carbocycles. The summed E-state index contributed by atoms with van der Waals surface area (Å²) in [5.41, 5.74) is -0.248. The highest BCUT2D eigenvalue weighted by Crippen LogP contribution is 2.34. The van der Waals surface area contributed by atoms with E-state index in [1.54, 1.807) is 0 Å². The van der Waals surface area contributed by atoms with Crippen LogP contribution in [0.1, 0.15) is 245 Å². The van der Waals surface area contributed by atoms with E-state index >= 15 is 0 Å². The fourth-order valence-electron chi connectivity index (χ4n) is 6.82. The number of hydrogen-bond donors (Lipinski definition) is 1. The molecule has 0 bridgehead atoms. The molecule has 0 amide bonds. The summed E-state index contributed by atoms with van der Waals surface area (Å²) in [6, 6.07) is 0. The van der Waals surface area contributed by atoms with E-state index in [1.807, 2.05) is 0 Å². The lowest BCUT2D eigenvalue weighted by atomic mass is 9.84. The van der Waals surface area contributed by atoms with Gasteiger partial charge in [0.05, 0.1) is 0 Å². The van der Waals surface area contributed by atoms with Crippen molar-refractivity contribution in [2.45, 2.75) is 251 Å². The number of unbranched alkanes of at least 4 members (excludes halogenated alkanes) is 26. The fraction of sp³-hybridized carbons (Fsp3) is 0.951. The van der Waals surface area contributed by atoms with Crippen LogP contribution in [-0.4, -0.2) is 22.6 Å². The number of hydrogen-bond acceptors (Lipinski definition) is 3. The summed E-state index contributed by atoms with van der Waals surface area (Å²) in [4.78, 5) is 23.9. The molecule has 45 heavy (non-hydrogen) atoms. The third-order valence-corrected chi connectivity index (χ3v) is 9.81. The van der Waals surface area contributed by atoms with Crippen LogP contribution in [0.25, 0.3) is 0 Å². The molecular weight excluding hydrogens is 556 g/mol. The molecule has 0 fully saturated rings. The average molecular weight is 637 g/mol. The Bertz CT molecular complexity index is 633. The van der Waals surface area contributed by atoms with Gasteiger partial charge in [-0.15, -0.1) is 0 Å². The van der Waals surface area contributed by atoms with Crippen molar-refractivity contribution in [1.82, 2.24) is 0 Å². The standard InChI is InChI=1S/C41H80O4/c1-4-7-10-13-16-19-23-28-33-38-41(36-31-26-15-12-9-6-3,37-32-27-22-14-11-8-5-2)45-40(44)35-30-25-21-18-17-20-24-29-34-39(42)43/h4-38H2,1-3H3,(H,42,43). The smallest absolute Gasteiger partial charge is 0.306 e. The summed E-state index contributed by atoms with van der Waals surface area (Å²) in [6.45, 7) is 6.85. The first kappa shape index (κ1) is 43.9. The van der Waals surface area contributed by atoms with Crippen molar-refractivity contribution in [2.24, 2.45) is 0 Å². The number of carboxylic acids is 1. The van der Waals surface area contributed by atoms with Gasteiger partial charge in [-0.25, -0.2) is 0 Å². The topological polar surface area (TPSA) is 63.6 Å². The van der Waals surface area contributed by atoms with Gasteiger partial charge in [0.25, 0.3) is 0 Å². The molecule has 1 N–H and O–H groups in total. The highest BCUT2D eigenvalue weighted by molar-refractivity contribution is 5.69. The van der Waals surface area contributed by atoms with Crippen LogP contribution >= 0.6 is 0 Å². The molecular formula is C41H80O4. The summed E-state index contributed by atoms with van der Waals surface area (Å²) in [7, 11) is 0. The zero-order chi connectivity index (χ0) is 33.1. The summed E-state index contributed by atoms with van der Waals surface area (Å²) >= 11 is 0. The molecule has 4 heteroatoms. The predicted molar refractivity (Wildman–Crippen MR) is 195 cm³/mol. The molecule has 0 heterocycles. The molecule has 268 valence electrons. The van der Waals surface area contributed by atoms with E-state index in [1.165, 1.54) is 154 Å². The normalized spacial score (nSPS) is 12.8. The molecule has 0 saturated carbocycles. The second-order valence-corrected chi connectivity index (χ2v) is 14.3. The molecule has 0 aromatic heterocycles. The van der Waals surface area contributed by atoms with E-state index in [0.717, 1.165) is 57.8 Å². The minimum absolute atomic E-state index is 0.0496. The second-order valence-electron chi connectivity index (χ2n) is 14.3. The number of esters is 1. The van der Waals surface area contributed by atoms with E-state index < -0.39 is 5.97 Å². The van der Waals surface area contributed by atoms with Crippen LogP contribution in [0.5, 0.6) is 0 Å². The molecule has 0 aliphatic rings. The first-order valence-electron chi connectivity index (χ1n) is 20.4. The summed E-state index contributed by atoms with van der Waals surface area (Å²) in [5.74, 6) is -0.637. The number of aliphatic carboxylic acids is 1. The molecule has 0 aromatic rings. The lowest BCUT2D eigenvalue weighted by Gasteiger charge is -2.34. The van der Waals surface area contributed by atoms with Crippen molar-refractivity contribution in [3.05, 3.63) is 0 Å². The number of rotatable bonds is 37. The Hall–Kier alpha value is -1.06. The zero-order valence-corrected chi connectivity index (χ0v) is 30.9. The van der Waals surface area contributed by atoms with Crippen LogP contribution in [0.3, 0.4) is 0 Å². The minimum Gasteiger partial charge on any atom is -0.481 e. The second kappa shape index (κ2) is 34.3. The number of ether oxygens (including phenoxy) is 1. The first-order chi connectivity index (χ1) is 22.0. The van der Waals surface area contributed by atoms with Gasteiger partial charge >= 0.3 is 11.9 Å². The predicted octanol–water partition coefficient (Wildman–Crippen LogP) is 14.1. The third-order valence-electron chi connectivity index (χ3n) is 9.81. The van der Waals surface area contributed by atoms with Crippen molar-refractivity contribution in [2.75, 3.05) is 0 Å². The molecule has 0 aliphatic heterocycles. The summed E-state index contributed by atoms with van der Waals surface area (Å²) < 4.78 is 6.59. The van der Waals surface area contributed by atoms with Gasteiger partial charge < -0.3 is 9.84 Å². The molecule has 4 nitrogen and oxygen atoms in total. The Morgan fingerprint density at radius 3 is 0.978 bits per heavy atom. The van der Waals surface area contributed by atoms with Gasteiger partial charge in [0.15, 0.2) is 0 Å². The maximum Gasteiger partial charge on any atom is 0.306 e. The van der Waals surface area contributed by atoms with E-state index in [4.69, 9.17) is 9.84 Å². The Morgan fingerprint density at radius 1 is 0.400 bits per heavy atom. The van der Waals surface area contributed by atoms with Crippen LogP contribution in [0.15, 0.2) is 0 Å². The maximum absolute atomic E-state index is 13.3. The largest absolute Gasteiger partial charge is 0.481 e. The van der Waals surface area contributed by atoms with Crippen LogP contribution in [0.2, 0.25) is 0 Å². The lowest BCUT2D eigenvalue weighted by Crippen LogP contribution is -2.35. The van der Waals surface area contributed by atoms with Gasteiger partial charge in [0.1, 0.15) is 5.60 Å². The maximum atomic E-state index is 13.3. The summed E-state index contributed by atoms with van der Waals surface area (Å²) in [5, 5.41) is 8.77. The van der Waals surface area contributed by atoms with Crippen LogP contribution < -0.4 is 0 Å². The highest BCUT2D eigenvalue weighted by Gasteiger charge is 2.32.